The number of carbonyl (C=O) groups is 4. The zero-order valence-electron chi connectivity index (χ0n) is 63.4. The molecular formula is C81H144O17P2. The molecule has 2 unspecified atom stereocenters. The number of allylic oxidation sites excluding steroid dienone is 14. The van der Waals surface area contributed by atoms with Crippen molar-refractivity contribution in [2.75, 3.05) is 39.6 Å². The van der Waals surface area contributed by atoms with E-state index in [4.69, 9.17) is 37.0 Å². The molecule has 0 heterocycles. The van der Waals surface area contributed by atoms with Crippen LogP contribution < -0.4 is 0 Å². The Balaban J connectivity index is 5.39. The second kappa shape index (κ2) is 73.5. The van der Waals surface area contributed by atoms with E-state index in [0.717, 1.165) is 135 Å². The molecule has 0 aromatic heterocycles. The monoisotopic (exact) mass is 1450 g/mol. The number of phosphoric acid groups is 2. The Morgan fingerprint density at radius 1 is 0.280 bits per heavy atom. The van der Waals surface area contributed by atoms with Crippen molar-refractivity contribution >= 4 is 39.5 Å². The molecule has 0 aliphatic heterocycles. The average molecular weight is 1450 g/mol. The number of hydrogen-bond acceptors (Lipinski definition) is 15. The maximum atomic E-state index is 13.1. The summed E-state index contributed by atoms with van der Waals surface area (Å²) in [6, 6.07) is 0. The quantitative estimate of drug-likeness (QED) is 0.0169. The molecule has 0 saturated heterocycles. The molecule has 5 atom stereocenters. The second-order valence-corrected chi connectivity index (χ2v) is 29.6. The van der Waals surface area contributed by atoms with E-state index in [1.54, 1.807) is 0 Å². The van der Waals surface area contributed by atoms with Gasteiger partial charge in [0.25, 0.3) is 0 Å². The molecule has 17 nitrogen and oxygen atoms in total. The van der Waals surface area contributed by atoms with Gasteiger partial charge in [-0.1, -0.05) is 286 Å². The minimum atomic E-state index is -4.99. The first kappa shape index (κ1) is 96.2. The maximum Gasteiger partial charge on any atom is 0.472 e. The minimum Gasteiger partial charge on any atom is -0.462 e. The summed E-state index contributed by atoms with van der Waals surface area (Å²) in [4.78, 5) is 72.9. The molecule has 0 aliphatic carbocycles. The lowest BCUT2D eigenvalue weighted by Crippen LogP contribution is -2.30. The molecule has 19 heteroatoms. The summed E-state index contributed by atoms with van der Waals surface area (Å²) in [6.45, 7) is 4.77. The summed E-state index contributed by atoms with van der Waals surface area (Å²) < 4.78 is 68.5. The summed E-state index contributed by atoms with van der Waals surface area (Å²) in [5.74, 6) is -2.24. The fourth-order valence-electron chi connectivity index (χ4n) is 10.7. The van der Waals surface area contributed by atoms with Crippen LogP contribution in [0.5, 0.6) is 0 Å². The molecule has 0 aromatic carbocycles. The van der Waals surface area contributed by atoms with E-state index < -0.39 is 97.5 Å². The van der Waals surface area contributed by atoms with Crippen LogP contribution in [0.25, 0.3) is 0 Å². The highest BCUT2D eigenvalue weighted by atomic mass is 31.2. The van der Waals surface area contributed by atoms with E-state index in [0.29, 0.717) is 32.1 Å². The summed E-state index contributed by atoms with van der Waals surface area (Å²) in [6.07, 6.45) is 75.7. The molecule has 0 aromatic rings. The topological polar surface area (TPSA) is 237 Å². The van der Waals surface area contributed by atoms with Crippen molar-refractivity contribution in [2.45, 2.75) is 367 Å². The third kappa shape index (κ3) is 72.6. The highest BCUT2D eigenvalue weighted by Gasteiger charge is 2.30. The third-order valence-corrected chi connectivity index (χ3v) is 18.7. The van der Waals surface area contributed by atoms with Gasteiger partial charge in [0.15, 0.2) is 12.2 Å². The van der Waals surface area contributed by atoms with Gasteiger partial charge in [0.1, 0.15) is 19.3 Å². The van der Waals surface area contributed by atoms with Crippen LogP contribution in [0, 0.1) is 0 Å². The normalized spacial score (nSPS) is 14.3. The standard InChI is InChI=1S/C81H144O17P2/c1-5-9-13-17-21-25-29-33-36-37-40-43-46-50-54-58-62-66-79(84)92-72-77(98-81(86)68-64-60-56-52-48-44-39-35-31-27-23-19-15-11-7-3)74-96-100(89,90)94-70-75(82)69-93-99(87,88)95-73-76(97-80(85)67-63-59-55-51-47-41-32-28-24-20-16-12-8-4)71-91-78(83)65-61-57-53-49-45-42-38-34-30-26-22-18-14-10-6-2/h21,23,25,27,33-36,38-40,43,50,54,75-77,82H,5-20,22,24,26,28-32,37,41-42,44-49,51-53,55-74H2,1-4H3,(H,87,88)(H,89,90)/b25-21-,27-23-,36-33-,38-34-,39-35-,43-40-,54-50-/t75-,76-,77-/m1/s1. The van der Waals surface area contributed by atoms with Gasteiger partial charge in [-0.2, -0.15) is 0 Å². The fourth-order valence-corrected chi connectivity index (χ4v) is 12.3. The van der Waals surface area contributed by atoms with Crippen LogP contribution in [0.1, 0.15) is 349 Å². The predicted molar refractivity (Wildman–Crippen MR) is 409 cm³/mol. The maximum absolute atomic E-state index is 13.1. The molecular weight excluding hydrogens is 1310 g/mol. The van der Waals surface area contributed by atoms with Crippen LogP contribution in [-0.4, -0.2) is 96.7 Å². The van der Waals surface area contributed by atoms with Crippen LogP contribution in [0.2, 0.25) is 0 Å². The SMILES string of the molecule is CCCCC/C=C\C/C=C\C/C=C\C/C=C\CCCC(=O)OC[C@H](COP(=O)(O)OC[C@H](O)COP(=O)(O)OC[C@@H](COC(=O)CCCCCCC/C=C\CCCCCCCC)OC(=O)CCCCCCCCCCCCCCC)OC(=O)CCCCCCC/C=C\C/C=C\CCCCC. The number of esters is 4. The molecule has 0 amide bonds. The van der Waals surface area contributed by atoms with Crippen LogP contribution >= 0.6 is 15.6 Å². The van der Waals surface area contributed by atoms with Crippen molar-refractivity contribution in [3.63, 3.8) is 0 Å². The van der Waals surface area contributed by atoms with Gasteiger partial charge < -0.3 is 33.8 Å². The van der Waals surface area contributed by atoms with E-state index >= 15 is 0 Å². The third-order valence-electron chi connectivity index (χ3n) is 16.8. The van der Waals surface area contributed by atoms with Crippen molar-refractivity contribution < 1.29 is 80.2 Å². The lowest BCUT2D eigenvalue weighted by Gasteiger charge is -2.21. The largest absolute Gasteiger partial charge is 0.472 e. The number of unbranched alkanes of at least 4 members (excludes halogenated alkanes) is 35. The summed E-state index contributed by atoms with van der Waals surface area (Å²) >= 11 is 0. The first-order valence-corrected chi connectivity index (χ1v) is 42.8. The Morgan fingerprint density at radius 2 is 0.500 bits per heavy atom. The first-order valence-electron chi connectivity index (χ1n) is 39.8. The number of carbonyl (C=O) groups excluding carboxylic acids is 4. The van der Waals surface area contributed by atoms with Gasteiger partial charge in [-0.25, -0.2) is 9.13 Å². The highest BCUT2D eigenvalue weighted by molar-refractivity contribution is 7.47. The average Bonchev–Trinajstić information content (AvgIpc) is 1.06. The number of aliphatic hydroxyl groups is 1. The Morgan fingerprint density at radius 3 is 0.820 bits per heavy atom. The van der Waals surface area contributed by atoms with Gasteiger partial charge in [0.2, 0.25) is 0 Å². The van der Waals surface area contributed by atoms with Crippen molar-refractivity contribution in [1.82, 2.24) is 0 Å². The molecule has 0 aliphatic rings. The van der Waals surface area contributed by atoms with E-state index in [2.05, 4.69) is 101 Å². The van der Waals surface area contributed by atoms with Gasteiger partial charge in [0, 0.05) is 25.7 Å². The van der Waals surface area contributed by atoms with E-state index in [-0.39, 0.29) is 25.7 Å². The molecule has 0 saturated carbocycles. The van der Waals surface area contributed by atoms with Crippen molar-refractivity contribution in [1.29, 1.82) is 0 Å². The van der Waals surface area contributed by atoms with E-state index in [1.165, 1.54) is 128 Å². The van der Waals surface area contributed by atoms with E-state index in [9.17, 15) is 43.2 Å². The van der Waals surface area contributed by atoms with Gasteiger partial charge >= 0.3 is 39.5 Å². The van der Waals surface area contributed by atoms with Crippen molar-refractivity contribution in [3.05, 3.63) is 85.1 Å². The summed E-state index contributed by atoms with van der Waals surface area (Å²) in [5, 5.41) is 10.6. The Kier molecular flexibility index (Phi) is 70.8. The molecule has 0 bridgehead atoms. The van der Waals surface area contributed by atoms with Crippen molar-refractivity contribution in [3.8, 4) is 0 Å². The number of ether oxygens (including phenoxy) is 4. The zero-order valence-corrected chi connectivity index (χ0v) is 65.2. The second-order valence-electron chi connectivity index (χ2n) is 26.7. The number of rotatable bonds is 75. The molecule has 0 radical (unpaired) electrons. The smallest absolute Gasteiger partial charge is 0.462 e. The molecule has 3 N–H and O–H groups in total. The summed E-state index contributed by atoms with van der Waals surface area (Å²) in [5.41, 5.74) is 0. The van der Waals surface area contributed by atoms with Crippen LogP contribution in [0.15, 0.2) is 85.1 Å². The predicted octanol–water partition coefficient (Wildman–Crippen LogP) is 23.0. The van der Waals surface area contributed by atoms with E-state index in [1.807, 2.05) is 12.2 Å². The van der Waals surface area contributed by atoms with Crippen LogP contribution in [0.4, 0.5) is 0 Å². The fraction of sp³-hybridized carbons (Fsp3) is 0.778. The molecule has 0 fully saturated rings. The molecule has 0 spiro atoms. The van der Waals surface area contributed by atoms with Gasteiger partial charge in [-0.05, 0) is 122 Å². The molecule has 100 heavy (non-hydrogen) atoms. The Hall–Kier alpha value is -3.76. The zero-order chi connectivity index (χ0) is 73.2. The van der Waals surface area contributed by atoms with Gasteiger partial charge in [0.05, 0.1) is 26.4 Å². The van der Waals surface area contributed by atoms with Crippen molar-refractivity contribution in [2.24, 2.45) is 0 Å². The minimum absolute atomic E-state index is 0.0684. The molecule has 0 rings (SSSR count). The number of phosphoric ester groups is 2. The first-order chi connectivity index (χ1) is 48.7. The Labute approximate surface area is 608 Å². The lowest BCUT2D eigenvalue weighted by atomic mass is 10.0. The van der Waals surface area contributed by atoms with Gasteiger partial charge in [-0.3, -0.25) is 37.3 Å². The summed E-state index contributed by atoms with van der Waals surface area (Å²) in [7, 11) is -9.96. The highest BCUT2D eigenvalue weighted by Crippen LogP contribution is 2.45. The number of hydrogen-bond donors (Lipinski definition) is 3. The van der Waals surface area contributed by atoms with Crippen LogP contribution in [0.3, 0.4) is 0 Å². The Bertz CT molecular complexity index is 2230. The lowest BCUT2D eigenvalue weighted by molar-refractivity contribution is -0.161. The number of aliphatic hydroxyl groups excluding tert-OH is 1. The van der Waals surface area contributed by atoms with Crippen LogP contribution in [-0.2, 0) is 65.4 Å². The molecule has 580 valence electrons. The van der Waals surface area contributed by atoms with Gasteiger partial charge in [-0.15, -0.1) is 0 Å².